The van der Waals surface area contributed by atoms with E-state index in [4.69, 9.17) is 5.11 Å². The molecule has 0 aliphatic carbocycles. The average Bonchev–Trinajstić information content (AvgIpc) is 2.34. The van der Waals surface area contributed by atoms with Crippen LogP contribution >= 0.6 is 0 Å². The van der Waals surface area contributed by atoms with Crippen molar-refractivity contribution >= 4 is 5.91 Å². The zero-order valence-corrected chi connectivity index (χ0v) is 11.3. The van der Waals surface area contributed by atoms with Gasteiger partial charge in [-0.1, -0.05) is 44.2 Å². The van der Waals surface area contributed by atoms with Crippen molar-refractivity contribution in [2.45, 2.75) is 26.7 Å². The second-order valence-electron chi connectivity index (χ2n) is 4.94. The summed E-state index contributed by atoms with van der Waals surface area (Å²) >= 11 is 0. The fourth-order valence-corrected chi connectivity index (χ4v) is 1.87. The van der Waals surface area contributed by atoms with Crippen LogP contribution < -0.4 is 0 Å². The van der Waals surface area contributed by atoms with Gasteiger partial charge in [0, 0.05) is 19.5 Å². The Hall–Kier alpha value is -1.35. The van der Waals surface area contributed by atoms with E-state index in [1.165, 1.54) is 5.56 Å². The second-order valence-corrected chi connectivity index (χ2v) is 4.94. The van der Waals surface area contributed by atoms with Crippen molar-refractivity contribution in [1.29, 1.82) is 0 Å². The summed E-state index contributed by atoms with van der Waals surface area (Å²) in [6.45, 7) is 5.20. The first-order valence-corrected chi connectivity index (χ1v) is 6.56. The summed E-state index contributed by atoms with van der Waals surface area (Å²) in [5.74, 6) is 0.491. The van der Waals surface area contributed by atoms with Crippen LogP contribution in [-0.2, 0) is 11.2 Å². The van der Waals surface area contributed by atoms with Crippen LogP contribution in [0.1, 0.15) is 25.8 Å². The molecule has 100 valence electrons. The lowest BCUT2D eigenvalue weighted by Gasteiger charge is -2.22. The number of nitrogens with zero attached hydrogens (tertiary/aromatic N) is 1. The number of benzene rings is 1. The summed E-state index contributed by atoms with van der Waals surface area (Å²) in [6.07, 6.45) is 1.39. The van der Waals surface area contributed by atoms with Gasteiger partial charge in [0.05, 0.1) is 6.61 Å². The molecule has 1 aromatic carbocycles. The lowest BCUT2D eigenvalue weighted by atomic mass is 10.1. The molecule has 0 heterocycles. The molecule has 0 aliphatic rings. The van der Waals surface area contributed by atoms with E-state index in [0.29, 0.717) is 25.4 Å². The smallest absolute Gasteiger partial charge is 0.222 e. The molecular weight excluding hydrogens is 226 g/mol. The highest BCUT2D eigenvalue weighted by Gasteiger charge is 2.14. The van der Waals surface area contributed by atoms with E-state index in [9.17, 15) is 4.79 Å². The Morgan fingerprint density at radius 1 is 1.22 bits per heavy atom. The third-order valence-electron chi connectivity index (χ3n) is 2.82. The summed E-state index contributed by atoms with van der Waals surface area (Å²) < 4.78 is 0. The Morgan fingerprint density at radius 3 is 2.44 bits per heavy atom. The summed E-state index contributed by atoms with van der Waals surface area (Å²) in [7, 11) is 0. The van der Waals surface area contributed by atoms with Gasteiger partial charge in [0.15, 0.2) is 0 Å². The summed E-state index contributed by atoms with van der Waals surface area (Å²) in [5.41, 5.74) is 1.22. The molecule has 0 atom stereocenters. The van der Waals surface area contributed by atoms with Crippen LogP contribution in [-0.4, -0.2) is 35.6 Å². The number of aliphatic hydroxyl groups excluding tert-OH is 1. The molecule has 0 spiro atoms. The van der Waals surface area contributed by atoms with Crippen LogP contribution in [0.15, 0.2) is 30.3 Å². The van der Waals surface area contributed by atoms with Gasteiger partial charge in [-0.3, -0.25) is 4.79 Å². The normalized spacial score (nSPS) is 10.7. The van der Waals surface area contributed by atoms with Gasteiger partial charge >= 0.3 is 0 Å². The molecule has 3 heteroatoms. The molecule has 0 aromatic heterocycles. The van der Waals surface area contributed by atoms with Crippen LogP contribution in [0.2, 0.25) is 0 Å². The van der Waals surface area contributed by atoms with Gasteiger partial charge in [-0.25, -0.2) is 0 Å². The lowest BCUT2D eigenvalue weighted by molar-refractivity contribution is -0.132. The van der Waals surface area contributed by atoms with E-state index in [0.717, 1.165) is 6.42 Å². The maximum absolute atomic E-state index is 12.0. The third-order valence-corrected chi connectivity index (χ3v) is 2.82. The highest BCUT2D eigenvalue weighted by Crippen LogP contribution is 2.06. The topological polar surface area (TPSA) is 40.5 Å². The lowest BCUT2D eigenvalue weighted by Crippen LogP contribution is -2.35. The summed E-state index contributed by atoms with van der Waals surface area (Å²) in [5, 5.41) is 9.02. The monoisotopic (exact) mass is 249 g/mol. The summed E-state index contributed by atoms with van der Waals surface area (Å²) in [4.78, 5) is 13.7. The maximum Gasteiger partial charge on any atom is 0.222 e. The fourth-order valence-electron chi connectivity index (χ4n) is 1.87. The number of hydrogen-bond donors (Lipinski definition) is 1. The largest absolute Gasteiger partial charge is 0.395 e. The highest BCUT2D eigenvalue weighted by atomic mass is 16.3. The molecule has 0 saturated carbocycles. The molecule has 0 unspecified atom stereocenters. The molecule has 1 aromatic rings. The number of amides is 1. The van der Waals surface area contributed by atoms with Crippen molar-refractivity contribution in [1.82, 2.24) is 4.90 Å². The van der Waals surface area contributed by atoms with Crippen LogP contribution in [0.4, 0.5) is 0 Å². The molecule has 18 heavy (non-hydrogen) atoms. The zero-order valence-electron chi connectivity index (χ0n) is 11.3. The number of hydrogen-bond acceptors (Lipinski definition) is 2. The molecule has 0 radical (unpaired) electrons. The Morgan fingerprint density at radius 2 is 1.89 bits per heavy atom. The molecule has 1 rings (SSSR count). The predicted molar refractivity (Wildman–Crippen MR) is 73.3 cm³/mol. The van der Waals surface area contributed by atoms with Gasteiger partial charge in [0.1, 0.15) is 0 Å². The van der Waals surface area contributed by atoms with Gasteiger partial charge in [-0.2, -0.15) is 0 Å². The van der Waals surface area contributed by atoms with Crippen LogP contribution in [0.25, 0.3) is 0 Å². The van der Waals surface area contributed by atoms with Crippen molar-refractivity contribution in [3.8, 4) is 0 Å². The van der Waals surface area contributed by atoms with Gasteiger partial charge in [0.25, 0.3) is 0 Å². The number of rotatable bonds is 7. The minimum atomic E-state index is 0.0264. The Kier molecular flexibility index (Phi) is 6.44. The van der Waals surface area contributed by atoms with E-state index < -0.39 is 0 Å². The SMILES string of the molecule is CC(C)CC(=O)N(CCO)CCc1ccccc1. The van der Waals surface area contributed by atoms with Gasteiger partial charge in [-0.15, -0.1) is 0 Å². The minimum Gasteiger partial charge on any atom is -0.395 e. The molecule has 0 bridgehead atoms. The van der Waals surface area contributed by atoms with E-state index in [1.807, 2.05) is 32.0 Å². The molecule has 3 nitrogen and oxygen atoms in total. The maximum atomic E-state index is 12.0. The van der Waals surface area contributed by atoms with Crippen LogP contribution in [0, 0.1) is 5.92 Å². The van der Waals surface area contributed by atoms with Gasteiger partial charge < -0.3 is 10.0 Å². The van der Waals surface area contributed by atoms with Gasteiger partial charge in [-0.05, 0) is 17.9 Å². The van der Waals surface area contributed by atoms with Crippen molar-refractivity contribution in [2.24, 2.45) is 5.92 Å². The van der Waals surface area contributed by atoms with E-state index >= 15 is 0 Å². The zero-order chi connectivity index (χ0) is 13.4. The first-order chi connectivity index (χ1) is 8.63. The fraction of sp³-hybridized carbons (Fsp3) is 0.533. The number of carbonyl (C=O) groups excluding carboxylic acids is 1. The Labute approximate surface area is 109 Å². The molecule has 0 saturated heterocycles. The Bertz CT molecular complexity index is 349. The minimum absolute atomic E-state index is 0.0264. The summed E-state index contributed by atoms with van der Waals surface area (Å²) in [6, 6.07) is 10.1. The standard InChI is InChI=1S/C15H23NO2/c1-13(2)12-15(18)16(10-11-17)9-8-14-6-4-3-5-7-14/h3-7,13,17H,8-12H2,1-2H3. The molecule has 1 N–H and O–H groups in total. The van der Waals surface area contributed by atoms with Crippen molar-refractivity contribution < 1.29 is 9.90 Å². The second kappa shape index (κ2) is 7.88. The van der Waals surface area contributed by atoms with Crippen molar-refractivity contribution in [3.63, 3.8) is 0 Å². The highest BCUT2D eigenvalue weighted by molar-refractivity contribution is 5.76. The molecule has 0 fully saturated rings. The Balaban J connectivity index is 2.50. The quantitative estimate of drug-likeness (QED) is 0.804. The van der Waals surface area contributed by atoms with E-state index in [1.54, 1.807) is 4.90 Å². The first-order valence-electron chi connectivity index (χ1n) is 6.56. The average molecular weight is 249 g/mol. The molecule has 1 amide bonds. The van der Waals surface area contributed by atoms with Crippen LogP contribution in [0.5, 0.6) is 0 Å². The van der Waals surface area contributed by atoms with Crippen LogP contribution in [0.3, 0.4) is 0 Å². The first kappa shape index (κ1) is 14.7. The molecular formula is C15H23NO2. The van der Waals surface area contributed by atoms with E-state index in [-0.39, 0.29) is 12.5 Å². The predicted octanol–water partition coefficient (Wildman–Crippen LogP) is 2.10. The number of aliphatic hydroxyl groups is 1. The third kappa shape index (κ3) is 5.32. The van der Waals surface area contributed by atoms with Crippen molar-refractivity contribution in [2.75, 3.05) is 19.7 Å². The molecule has 0 aliphatic heterocycles. The van der Waals surface area contributed by atoms with Crippen molar-refractivity contribution in [3.05, 3.63) is 35.9 Å². The van der Waals surface area contributed by atoms with E-state index in [2.05, 4.69) is 12.1 Å². The van der Waals surface area contributed by atoms with Gasteiger partial charge in [0.2, 0.25) is 5.91 Å². The number of carbonyl (C=O) groups is 1.